The smallest absolute Gasteiger partial charge is 0.224 e. The molecule has 0 spiro atoms. The highest BCUT2D eigenvalue weighted by Gasteiger charge is 2.13. The number of hydrogen-bond acceptors (Lipinski definition) is 4. The molecular formula is C16H27Cl2N3OS. The Balaban J connectivity index is 0.00000242. The van der Waals surface area contributed by atoms with Crippen LogP contribution >= 0.6 is 36.6 Å². The van der Waals surface area contributed by atoms with Crippen LogP contribution < -0.4 is 11.1 Å². The number of benzene rings is 1. The number of nitrogens with zero attached hydrogens (tertiary/aromatic N) is 1. The van der Waals surface area contributed by atoms with E-state index in [-0.39, 0.29) is 30.7 Å². The second-order valence-electron chi connectivity index (χ2n) is 5.42. The zero-order chi connectivity index (χ0) is 15.1. The molecule has 23 heavy (non-hydrogen) atoms. The van der Waals surface area contributed by atoms with Crippen LogP contribution in [0.25, 0.3) is 0 Å². The van der Waals surface area contributed by atoms with Crippen LogP contribution in [-0.4, -0.2) is 41.9 Å². The number of carbonyl (C=O) groups excluding carboxylic acids is 1. The minimum absolute atomic E-state index is 0. The van der Waals surface area contributed by atoms with Crippen molar-refractivity contribution in [2.45, 2.75) is 26.3 Å². The van der Waals surface area contributed by atoms with Crippen molar-refractivity contribution in [1.82, 2.24) is 4.90 Å². The normalized spacial score (nSPS) is 14.5. The lowest BCUT2D eigenvalue weighted by Crippen LogP contribution is -2.32. The van der Waals surface area contributed by atoms with E-state index in [0.717, 1.165) is 31.7 Å². The van der Waals surface area contributed by atoms with Gasteiger partial charge in [0.15, 0.2) is 0 Å². The van der Waals surface area contributed by atoms with Crippen molar-refractivity contribution in [1.29, 1.82) is 0 Å². The van der Waals surface area contributed by atoms with Crippen LogP contribution in [0, 0.1) is 6.92 Å². The van der Waals surface area contributed by atoms with Gasteiger partial charge in [-0.25, -0.2) is 0 Å². The van der Waals surface area contributed by atoms with Gasteiger partial charge in [0, 0.05) is 43.2 Å². The van der Waals surface area contributed by atoms with Gasteiger partial charge in [-0.3, -0.25) is 9.69 Å². The summed E-state index contributed by atoms with van der Waals surface area (Å²) < 4.78 is 0. The van der Waals surface area contributed by atoms with Crippen LogP contribution in [-0.2, 0) is 11.3 Å². The first-order valence-corrected chi connectivity index (χ1v) is 8.74. The van der Waals surface area contributed by atoms with Gasteiger partial charge in [-0.05, 0) is 37.1 Å². The van der Waals surface area contributed by atoms with Crippen LogP contribution in [0.1, 0.15) is 24.0 Å². The molecule has 1 fully saturated rings. The van der Waals surface area contributed by atoms with Gasteiger partial charge in [-0.2, -0.15) is 11.8 Å². The fourth-order valence-electron chi connectivity index (χ4n) is 2.47. The molecule has 0 saturated carbocycles. The number of rotatable bonds is 6. The molecule has 0 radical (unpaired) electrons. The van der Waals surface area contributed by atoms with Crippen LogP contribution in [0.2, 0.25) is 0 Å². The van der Waals surface area contributed by atoms with Crippen LogP contribution in [0.5, 0.6) is 0 Å². The molecule has 1 aliphatic rings. The molecule has 1 aliphatic heterocycles. The lowest BCUT2D eigenvalue weighted by molar-refractivity contribution is -0.116. The van der Waals surface area contributed by atoms with Crippen molar-refractivity contribution in [3.05, 3.63) is 29.3 Å². The fourth-order valence-corrected chi connectivity index (χ4v) is 3.44. The molecule has 132 valence electrons. The highest BCUT2D eigenvalue weighted by Crippen LogP contribution is 2.22. The first-order chi connectivity index (χ1) is 10.2. The Hall–Kier alpha value is -0.460. The number of nitrogens with two attached hydrogens (primary N) is 1. The third-order valence-corrected chi connectivity index (χ3v) is 4.77. The van der Waals surface area contributed by atoms with Crippen LogP contribution in [0.15, 0.2) is 18.2 Å². The largest absolute Gasteiger partial charge is 0.330 e. The molecule has 1 aromatic rings. The summed E-state index contributed by atoms with van der Waals surface area (Å²) in [5.41, 5.74) is 8.85. The molecule has 2 rings (SSSR count). The number of carbonyl (C=O) groups is 1. The fraction of sp³-hybridized carbons (Fsp3) is 0.562. The number of amides is 1. The molecule has 0 atom stereocenters. The molecule has 0 aliphatic carbocycles. The average Bonchev–Trinajstić information content (AvgIpc) is 2.50. The van der Waals surface area contributed by atoms with Crippen LogP contribution in [0.4, 0.5) is 5.69 Å². The Morgan fingerprint density at radius 3 is 2.65 bits per heavy atom. The lowest BCUT2D eigenvalue weighted by atomic mass is 10.1. The quantitative estimate of drug-likeness (QED) is 0.797. The lowest BCUT2D eigenvalue weighted by Gasteiger charge is -2.27. The van der Waals surface area contributed by atoms with E-state index < -0.39 is 0 Å². The molecule has 1 aromatic carbocycles. The highest BCUT2D eigenvalue weighted by molar-refractivity contribution is 7.99. The third kappa shape index (κ3) is 7.31. The second-order valence-corrected chi connectivity index (χ2v) is 6.64. The van der Waals surface area contributed by atoms with Crippen molar-refractivity contribution in [3.8, 4) is 0 Å². The predicted molar refractivity (Wildman–Crippen MR) is 105 cm³/mol. The summed E-state index contributed by atoms with van der Waals surface area (Å²) in [4.78, 5) is 14.3. The Bertz CT molecular complexity index is 482. The minimum atomic E-state index is 0. The number of nitrogens with one attached hydrogen (secondary N) is 1. The Kier molecular flexibility index (Phi) is 11.7. The molecule has 1 amide bonds. The molecule has 0 unspecified atom stereocenters. The Morgan fingerprint density at radius 2 is 2.00 bits per heavy atom. The summed E-state index contributed by atoms with van der Waals surface area (Å²) in [5.74, 6) is 2.48. The summed E-state index contributed by atoms with van der Waals surface area (Å²) in [5, 5.41) is 3.01. The number of anilines is 1. The molecule has 0 aromatic heterocycles. The summed E-state index contributed by atoms with van der Waals surface area (Å²) in [7, 11) is 0. The van der Waals surface area contributed by atoms with E-state index in [0.29, 0.717) is 13.0 Å². The van der Waals surface area contributed by atoms with Gasteiger partial charge >= 0.3 is 0 Å². The van der Waals surface area contributed by atoms with Gasteiger partial charge in [0.25, 0.3) is 0 Å². The van der Waals surface area contributed by atoms with Crippen molar-refractivity contribution in [3.63, 3.8) is 0 Å². The topological polar surface area (TPSA) is 58.4 Å². The number of hydrogen-bond donors (Lipinski definition) is 2. The second kappa shape index (κ2) is 12.0. The SMILES string of the molecule is Cc1c(CN2CCSCC2)cccc1NC(=O)CCCN.Cl.Cl. The van der Waals surface area contributed by atoms with Gasteiger partial charge in [-0.15, -0.1) is 24.8 Å². The maximum Gasteiger partial charge on any atom is 0.224 e. The summed E-state index contributed by atoms with van der Waals surface area (Å²) in [6, 6.07) is 6.16. The molecular weight excluding hydrogens is 353 g/mol. The summed E-state index contributed by atoms with van der Waals surface area (Å²) in [6.45, 7) is 5.92. The van der Waals surface area contributed by atoms with E-state index in [1.165, 1.54) is 22.6 Å². The van der Waals surface area contributed by atoms with E-state index in [1.54, 1.807) is 0 Å². The van der Waals surface area contributed by atoms with Gasteiger partial charge < -0.3 is 11.1 Å². The standard InChI is InChI=1S/C16H25N3OS.2ClH/c1-13-14(12-19-8-10-21-11-9-19)4-2-5-15(13)18-16(20)6-3-7-17;;/h2,4-5H,3,6-12,17H2,1H3,(H,18,20);2*1H. The molecule has 1 heterocycles. The first-order valence-electron chi connectivity index (χ1n) is 7.59. The maximum atomic E-state index is 11.8. The third-order valence-electron chi connectivity index (χ3n) is 3.83. The number of thioether (sulfide) groups is 1. The highest BCUT2D eigenvalue weighted by atomic mass is 35.5. The first kappa shape index (κ1) is 22.5. The van der Waals surface area contributed by atoms with Crippen LogP contribution in [0.3, 0.4) is 0 Å². The van der Waals surface area contributed by atoms with Crippen molar-refractivity contribution in [2.24, 2.45) is 5.73 Å². The maximum absolute atomic E-state index is 11.8. The van der Waals surface area contributed by atoms with Gasteiger partial charge in [0.2, 0.25) is 5.91 Å². The van der Waals surface area contributed by atoms with E-state index in [9.17, 15) is 4.79 Å². The zero-order valence-corrected chi connectivity index (χ0v) is 16.0. The summed E-state index contributed by atoms with van der Waals surface area (Å²) >= 11 is 2.02. The Labute approximate surface area is 155 Å². The average molecular weight is 380 g/mol. The minimum Gasteiger partial charge on any atom is -0.330 e. The van der Waals surface area contributed by atoms with Gasteiger partial charge in [0.1, 0.15) is 0 Å². The van der Waals surface area contributed by atoms with E-state index in [1.807, 2.05) is 23.9 Å². The van der Waals surface area contributed by atoms with E-state index >= 15 is 0 Å². The molecule has 0 bridgehead atoms. The monoisotopic (exact) mass is 379 g/mol. The molecule has 4 nitrogen and oxygen atoms in total. The number of halogens is 2. The van der Waals surface area contributed by atoms with Crippen molar-refractivity contribution >= 4 is 48.2 Å². The molecule has 7 heteroatoms. The Morgan fingerprint density at radius 1 is 1.30 bits per heavy atom. The molecule has 3 N–H and O–H groups in total. The zero-order valence-electron chi connectivity index (χ0n) is 13.5. The van der Waals surface area contributed by atoms with E-state index in [4.69, 9.17) is 5.73 Å². The summed E-state index contributed by atoms with van der Waals surface area (Å²) in [6.07, 6.45) is 1.22. The molecule has 1 saturated heterocycles. The van der Waals surface area contributed by atoms with E-state index in [2.05, 4.69) is 23.2 Å². The van der Waals surface area contributed by atoms with Gasteiger partial charge in [-0.1, -0.05) is 12.1 Å². The van der Waals surface area contributed by atoms with Crippen molar-refractivity contribution < 1.29 is 4.79 Å². The van der Waals surface area contributed by atoms with Gasteiger partial charge in [0.05, 0.1) is 0 Å². The van der Waals surface area contributed by atoms with Crippen molar-refractivity contribution in [2.75, 3.05) is 36.5 Å². The predicted octanol–water partition coefficient (Wildman–Crippen LogP) is 3.06.